The van der Waals surface area contributed by atoms with Crippen LogP contribution in [0.1, 0.15) is 57.4 Å². The first-order valence-corrected chi connectivity index (χ1v) is 10.8. The fourth-order valence-electron chi connectivity index (χ4n) is 4.22. The van der Waals surface area contributed by atoms with Crippen LogP contribution >= 0.6 is 0 Å². The van der Waals surface area contributed by atoms with Crippen molar-refractivity contribution in [2.45, 2.75) is 76.6 Å². The van der Waals surface area contributed by atoms with Gasteiger partial charge >= 0.3 is 0 Å². The van der Waals surface area contributed by atoms with E-state index in [1.807, 2.05) is 0 Å². The van der Waals surface area contributed by atoms with Crippen LogP contribution in [0.25, 0.3) is 0 Å². The van der Waals surface area contributed by atoms with Crippen molar-refractivity contribution in [1.29, 1.82) is 0 Å². The highest BCUT2D eigenvalue weighted by Gasteiger charge is 2.23. The summed E-state index contributed by atoms with van der Waals surface area (Å²) in [4.78, 5) is 7.53. The number of guanidine groups is 1. The largest absolute Gasteiger partial charge is 0.393 e. The Morgan fingerprint density at radius 2 is 1.89 bits per heavy atom. The Labute approximate surface area is 164 Å². The van der Waals surface area contributed by atoms with Gasteiger partial charge in [-0.3, -0.25) is 9.89 Å². The average molecular weight is 373 g/mol. The lowest BCUT2D eigenvalue weighted by Gasteiger charge is -2.35. The Bertz CT molecular complexity index is 569. The summed E-state index contributed by atoms with van der Waals surface area (Å²) in [6.45, 7) is 6.02. The molecule has 1 heterocycles. The number of aliphatic hydroxyl groups excluding tert-OH is 1. The average Bonchev–Trinajstić information content (AvgIpc) is 2.70. The number of hydrogen-bond acceptors (Lipinski definition) is 3. The van der Waals surface area contributed by atoms with Crippen LogP contribution in [0.15, 0.2) is 35.3 Å². The molecule has 5 nitrogen and oxygen atoms in total. The van der Waals surface area contributed by atoms with Gasteiger partial charge in [0.2, 0.25) is 0 Å². The lowest BCUT2D eigenvalue weighted by atomic mass is 9.93. The maximum absolute atomic E-state index is 9.71. The zero-order valence-electron chi connectivity index (χ0n) is 16.7. The van der Waals surface area contributed by atoms with Crippen molar-refractivity contribution < 1.29 is 5.11 Å². The summed E-state index contributed by atoms with van der Waals surface area (Å²) in [6.07, 6.45) is 7.53. The molecule has 3 N–H and O–H groups in total. The molecule has 1 aromatic carbocycles. The van der Waals surface area contributed by atoms with E-state index in [0.29, 0.717) is 12.1 Å². The minimum Gasteiger partial charge on any atom is -0.393 e. The third-order valence-corrected chi connectivity index (χ3v) is 5.82. The summed E-state index contributed by atoms with van der Waals surface area (Å²) >= 11 is 0. The number of hydrogen-bond donors (Lipinski definition) is 3. The summed E-state index contributed by atoms with van der Waals surface area (Å²) in [5, 5.41) is 16.7. The first kappa shape index (κ1) is 20.2. The quantitative estimate of drug-likeness (QED) is 0.531. The summed E-state index contributed by atoms with van der Waals surface area (Å²) < 4.78 is 0. The van der Waals surface area contributed by atoms with Crippen LogP contribution < -0.4 is 10.6 Å². The van der Waals surface area contributed by atoms with E-state index in [9.17, 15) is 5.11 Å². The maximum atomic E-state index is 9.71. The van der Waals surface area contributed by atoms with Gasteiger partial charge in [0.15, 0.2) is 5.96 Å². The van der Waals surface area contributed by atoms with Crippen LogP contribution in [0.2, 0.25) is 0 Å². The standard InChI is InChI=1S/C22H36N4O/c1-2-23-22(25-19-11-13-21(27)14-12-19)24-16-20-10-6-7-15-26(20)17-18-8-4-3-5-9-18/h3-5,8-9,19-21,27H,2,6-7,10-17H2,1H3,(H2,23,24,25). The van der Waals surface area contributed by atoms with E-state index >= 15 is 0 Å². The van der Waals surface area contributed by atoms with E-state index in [1.54, 1.807) is 0 Å². The number of nitrogens with one attached hydrogen (secondary N) is 2. The van der Waals surface area contributed by atoms with Crippen LogP contribution in [-0.4, -0.2) is 53.8 Å². The van der Waals surface area contributed by atoms with Gasteiger partial charge < -0.3 is 15.7 Å². The van der Waals surface area contributed by atoms with Crippen molar-refractivity contribution in [3.63, 3.8) is 0 Å². The summed E-state index contributed by atoms with van der Waals surface area (Å²) in [5.41, 5.74) is 1.39. The van der Waals surface area contributed by atoms with Gasteiger partial charge in [-0.15, -0.1) is 0 Å². The van der Waals surface area contributed by atoms with Crippen LogP contribution in [0.3, 0.4) is 0 Å². The van der Waals surface area contributed by atoms with Gasteiger partial charge in [-0.25, -0.2) is 0 Å². The maximum Gasteiger partial charge on any atom is 0.191 e. The Morgan fingerprint density at radius 1 is 1.11 bits per heavy atom. The van der Waals surface area contributed by atoms with Crippen LogP contribution in [-0.2, 0) is 6.54 Å². The highest BCUT2D eigenvalue weighted by Crippen LogP contribution is 2.20. The molecule has 0 spiro atoms. The van der Waals surface area contributed by atoms with E-state index in [1.165, 1.54) is 31.4 Å². The zero-order valence-corrected chi connectivity index (χ0v) is 16.7. The minimum absolute atomic E-state index is 0.114. The zero-order chi connectivity index (χ0) is 18.9. The molecule has 2 aliphatic rings. The predicted octanol–water partition coefficient (Wildman–Crippen LogP) is 2.90. The SMILES string of the molecule is CCNC(=NCC1CCCCN1Cc1ccccc1)NC1CCC(O)CC1. The monoisotopic (exact) mass is 372 g/mol. The van der Waals surface area contributed by atoms with E-state index in [2.05, 4.69) is 52.8 Å². The Morgan fingerprint density at radius 3 is 2.63 bits per heavy atom. The lowest BCUT2D eigenvalue weighted by Crippen LogP contribution is -2.46. The fourth-order valence-corrected chi connectivity index (χ4v) is 4.22. The topological polar surface area (TPSA) is 59.9 Å². The van der Waals surface area contributed by atoms with Gasteiger partial charge in [0.05, 0.1) is 12.6 Å². The van der Waals surface area contributed by atoms with Gasteiger partial charge in [0.1, 0.15) is 0 Å². The Balaban J connectivity index is 1.57. The number of benzene rings is 1. The first-order valence-electron chi connectivity index (χ1n) is 10.8. The molecule has 1 aromatic rings. The van der Waals surface area contributed by atoms with Crippen molar-refractivity contribution in [3.05, 3.63) is 35.9 Å². The molecule has 0 aromatic heterocycles. The summed E-state index contributed by atoms with van der Waals surface area (Å²) in [5.74, 6) is 0.934. The van der Waals surface area contributed by atoms with Gasteiger partial charge in [-0.05, 0) is 57.6 Å². The normalized spacial score (nSPS) is 27.3. The highest BCUT2D eigenvalue weighted by atomic mass is 16.3. The molecular formula is C22H36N4O. The van der Waals surface area contributed by atoms with Crippen molar-refractivity contribution in [2.24, 2.45) is 4.99 Å². The second-order valence-corrected chi connectivity index (χ2v) is 7.98. The van der Waals surface area contributed by atoms with Crippen LogP contribution in [0.5, 0.6) is 0 Å². The number of aliphatic hydroxyl groups is 1. The molecule has 0 radical (unpaired) electrons. The third-order valence-electron chi connectivity index (χ3n) is 5.82. The summed E-state index contributed by atoms with van der Waals surface area (Å²) in [7, 11) is 0. The van der Waals surface area contributed by atoms with E-state index in [0.717, 1.165) is 51.3 Å². The van der Waals surface area contributed by atoms with E-state index < -0.39 is 0 Å². The van der Waals surface area contributed by atoms with Gasteiger partial charge in [0.25, 0.3) is 0 Å². The fraction of sp³-hybridized carbons (Fsp3) is 0.682. The molecule has 27 heavy (non-hydrogen) atoms. The van der Waals surface area contributed by atoms with Gasteiger partial charge in [-0.1, -0.05) is 36.8 Å². The molecule has 3 rings (SSSR count). The Hall–Kier alpha value is -1.59. The molecule has 1 aliphatic carbocycles. The smallest absolute Gasteiger partial charge is 0.191 e. The van der Waals surface area contributed by atoms with E-state index in [-0.39, 0.29) is 6.10 Å². The number of likely N-dealkylation sites (tertiary alicyclic amines) is 1. The number of piperidine rings is 1. The molecule has 150 valence electrons. The number of aliphatic imine (C=N–C) groups is 1. The lowest BCUT2D eigenvalue weighted by molar-refractivity contribution is 0.120. The Kier molecular flexibility index (Phi) is 7.96. The summed E-state index contributed by atoms with van der Waals surface area (Å²) in [6, 6.07) is 11.7. The minimum atomic E-state index is -0.114. The first-order chi connectivity index (χ1) is 13.2. The molecule has 1 saturated carbocycles. The molecule has 0 amide bonds. The molecule has 2 fully saturated rings. The molecule has 1 unspecified atom stereocenters. The predicted molar refractivity (Wildman–Crippen MR) is 112 cm³/mol. The van der Waals surface area contributed by atoms with Crippen molar-refractivity contribution in [2.75, 3.05) is 19.6 Å². The van der Waals surface area contributed by atoms with Crippen LogP contribution in [0.4, 0.5) is 0 Å². The third kappa shape index (κ3) is 6.51. The number of rotatable bonds is 6. The molecule has 1 aliphatic heterocycles. The van der Waals surface area contributed by atoms with Crippen molar-refractivity contribution in [1.82, 2.24) is 15.5 Å². The molecule has 0 bridgehead atoms. The molecule has 1 atom stereocenters. The molecule has 5 heteroatoms. The highest BCUT2D eigenvalue weighted by molar-refractivity contribution is 5.80. The van der Waals surface area contributed by atoms with Gasteiger partial charge in [0, 0.05) is 25.2 Å². The van der Waals surface area contributed by atoms with Gasteiger partial charge in [-0.2, -0.15) is 0 Å². The van der Waals surface area contributed by atoms with E-state index in [4.69, 9.17) is 4.99 Å². The molecular weight excluding hydrogens is 336 g/mol. The second kappa shape index (κ2) is 10.7. The molecule has 1 saturated heterocycles. The van der Waals surface area contributed by atoms with Crippen LogP contribution in [0, 0.1) is 0 Å². The van der Waals surface area contributed by atoms with Crippen molar-refractivity contribution in [3.8, 4) is 0 Å². The number of nitrogens with zero attached hydrogens (tertiary/aromatic N) is 2. The van der Waals surface area contributed by atoms with Crippen molar-refractivity contribution >= 4 is 5.96 Å². The second-order valence-electron chi connectivity index (χ2n) is 7.98.